The zero-order valence-corrected chi connectivity index (χ0v) is 15.9. The van der Waals surface area contributed by atoms with Gasteiger partial charge >= 0.3 is 0 Å². The maximum atomic E-state index is 12.7. The lowest BCUT2D eigenvalue weighted by Gasteiger charge is -2.30. The molecule has 8 nitrogen and oxygen atoms in total. The topological polar surface area (TPSA) is 102 Å². The van der Waals surface area contributed by atoms with Crippen molar-refractivity contribution in [3.8, 4) is 11.4 Å². The van der Waals surface area contributed by atoms with Gasteiger partial charge < -0.3 is 9.42 Å². The van der Waals surface area contributed by atoms with E-state index in [2.05, 4.69) is 10.1 Å². The third kappa shape index (κ3) is 4.01. The predicted molar refractivity (Wildman–Crippen MR) is 105 cm³/mol. The molecule has 8 heteroatoms. The lowest BCUT2D eigenvalue weighted by atomic mass is 9.96. The summed E-state index contributed by atoms with van der Waals surface area (Å²) in [5.74, 6) is 1.05. The molecule has 0 radical (unpaired) electrons. The van der Waals surface area contributed by atoms with E-state index in [1.807, 2.05) is 31.2 Å². The number of nitro groups is 1. The monoisotopic (exact) mass is 392 g/mol. The number of carbonyl (C=O) groups excluding carboxylic acids is 1. The maximum absolute atomic E-state index is 12.7. The highest BCUT2D eigenvalue weighted by Gasteiger charge is 2.28. The lowest BCUT2D eigenvalue weighted by Crippen LogP contribution is -2.38. The van der Waals surface area contributed by atoms with Crippen molar-refractivity contribution in [2.45, 2.75) is 25.7 Å². The molecule has 1 aliphatic rings. The number of likely N-dealkylation sites (tertiary alicyclic amines) is 1. The minimum atomic E-state index is -0.496. The van der Waals surface area contributed by atoms with Gasteiger partial charge in [0.1, 0.15) is 0 Å². The van der Waals surface area contributed by atoms with Gasteiger partial charge in [0.15, 0.2) is 0 Å². The van der Waals surface area contributed by atoms with Gasteiger partial charge in [-0.05, 0) is 31.9 Å². The van der Waals surface area contributed by atoms with Crippen molar-refractivity contribution in [1.29, 1.82) is 0 Å². The summed E-state index contributed by atoms with van der Waals surface area (Å²) in [6.45, 7) is 3.08. The van der Waals surface area contributed by atoms with E-state index in [1.54, 1.807) is 11.0 Å². The van der Waals surface area contributed by atoms with Gasteiger partial charge in [-0.1, -0.05) is 35.0 Å². The Morgan fingerprint density at radius 1 is 1.17 bits per heavy atom. The van der Waals surface area contributed by atoms with Gasteiger partial charge in [0.05, 0.1) is 4.92 Å². The molecule has 1 fully saturated rings. The standard InChI is InChI=1S/C21H20N4O4/c1-14-4-2-5-16(12-14)19-22-20(29-23-19)15-8-10-24(11-9-15)21(26)17-6-3-7-18(13-17)25(27)28/h2-7,12-13,15H,8-11H2,1H3. The number of hydrogen-bond acceptors (Lipinski definition) is 6. The van der Waals surface area contributed by atoms with Crippen LogP contribution in [0.5, 0.6) is 0 Å². The highest BCUT2D eigenvalue weighted by atomic mass is 16.6. The molecule has 0 bridgehead atoms. The normalized spacial score (nSPS) is 14.7. The molecule has 0 N–H and O–H groups in total. The number of aromatic nitrogens is 2. The summed E-state index contributed by atoms with van der Waals surface area (Å²) in [6, 6.07) is 13.8. The van der Waals surface area contributed by atoms with Crippen LogP contribution in [0, 0.1) is 17.0 Å². The molecule has 0 spiro atoms. The van der Waals surface area contributed by atoms with Crippen LogP contribution < -0.4 is 0 Å². The molecule has 0 saturated carbocycles. The molecular weight excluding hydrogens is 372 g/mol. The Labute approximate surface area is 167 Å². The molecule has 2 heterocycles. The number of nitro benzene ring substituents is 1. The molecule has 0 atom stereocenters. The summed E-state index contributed by atoms with van der Waals surface area (Å²) >= 11 is 0. The Morgan fingerprint density at radius 3 is 2.66 bits per heavy atom. The molecule has 0 unspecified atom stereocenters. The Morgan fingerprint density at radius 2 is 1.93 bits per heavy atom. The van der Waals surface area contributed by atoms with Crippen LogP contribution in [0.2, 0.25) is 0 Å². The Bertz CT molecular complexity index is 1050. The zero-order valence-electron chi connectivity index (χ0n) is 15.9. The molecule has 2 aromatic carbocycles. The Hall–Kier alpha value is -3.55. The average molecular weight is 392 g/mol. The molecule has 148 valence electrons. The largest absolute Gasteiger partial charge is 0.339 e. The molecular formula is C21H20N4O4. The van der Waals surface area contributed by atoms with E-state index in [4.69, 9.17) is 4.52 Å². The van der Waals surface area contributed by atoms with Crippen LogP contribution in [0.1, 0.15) is 40.6 Å². The summed E-state index contributed by atoms with van der Waals surface area (Å²) in [5.41, 5.74) is 2.29. The number of rotatable bonds is 4. The van der Waals surface area contributed by atoms with Crippen LogP contribution in [0.15, 0.2) is 53.1 Å². The van der Waals surface area contributed by atoms with Crippen LogP contribution in [-0.2, 0) is 0 Å². The van der Waals surface area contributed by atoms with Gasteiger partial charge in [0, 0.05) is 42.3 Å². The van der Waals surface area contributed by atoms with Crippen LogP contribution in [0.4, 0.5) is 5.69 Å². The average Bonchev–Trinajstić information content (AvgIpc) is 3.24. The fourth-order valence-corrected chi connectivity index (χ4v) is 3.57. The first kappa shape index (κ1) is 18.8. The van der Waals surface area contributed by atoms with E-state index in [1.165, 1.54) is 18.2 Å². The minimum Gasteiger partial charge on any atom is -0.339 e. The number of aryl methyl sites for hydroxylation is 1. The second-order valence-electron chi connectivity index (χ2n) is 7.20. The minimum absolute atomic E-state index is 0.0831. The summed E-state index contributed by atoms with van der Waals surface area (Å²) < 4.78 is 5.48. The zero-order chi connectivity index (χ0) is 20.4. The van der Waals surface area contributed by atoms with E-state index in [0.717, 1.165) is 11.1 Å². The predicted octanol–water partition coefficient (Wildman–Crippen LogP) is 3.97. The number of nitrogens with zero attached hydrogens (tertiary/aromatic N) is 4. The lowest BCUT2D eigenvalue weighted by molar-refractivity contribution is -0.384. The van der Waals surface area contributed by atoms with Crippen molar-refractivity contribution in [3.05, 3.63) is 75.7 Å². The quantitative estimate of drug-likeness (QED) is 0.492. The van der Waals surface area contributed by atoms with Crippen molar-refractivity contribution in [2.75, 3.05) is 13.1 Å². The first-order chi connectivity index (χ1) is 14.0. The summed E-state index contributed by atoms with van der Waals surface area (Å²) in [7, 11) is 0. The molecule has 1 saturated heterocycles. The van der Waals surface area contributed by atoms with Crippen molar-refractivity contribution >= 4 is 11.6 Å². The Kier molecular flexibility index (Phi) is 5.07. The van der Waals surface area contributed by atoms with Crippen molar-refractivity contribution < 1.29 is 14.2 Å². The number of hydrogen-bond donors (Lipinski definition) is 0. The summed E-state index contributed by atoms with van der Waals surface area (Å²) in [4.78, 5) is 29.4. The number of carbonyl (C=O) groups is 1. The van der Waals surface area contributed by atoms with Gasteiger partial charge in [-0.3, -0.25) is 14.9 Å². The van der Waals surface area contributed by atoms with E-state index in [0.29, 0.717) is 43.2 Å². The number of amides is 1. The molecule has 4 rings (SSSR count). The van der Waals surface area contributed by atoms with Crippen molar-refractivity contribution in [3.63, 3.8) is 0 Å². The van der Waals surface area contributed by atoms with Gasteiger partial charge in [0.25, 0.3) is 11.6 Å². The summed E-state index contributed by atoms with van der Waals surface area (Å²) in [5, 5.41) is 15.0. The SMILES string of the molecule is Cc1cccc(-c2noc(C3CCN(C(=O)c4cccc([N+](=O)[O-])c4)CC3)n2)c1. The smallest absolute Gasteiger partial charge is 0.270 e. The number of non-ortho nitro benzene ring substituents is 1. The first-order valence-electron chi connectivity index (χ1n) is 9.45. The third-order valence-corrected chi connectivity index (χ3v) is 5.15. The van der Waals surface area contributed by atoms with Crippen LogP contribution in [-0.4, -0.2) is 39.0 Å². The van der Waals surface area contributed by atoms with Crippen LogP contribution in [0.3, 0.4) is 0 Å². The van der Waals surface area contributed by atoms with E-state index >= 15 is 0 Å². The molecule has 29 heavy (non-hydrogen) atoms. The van der Waals surface area contributed by atoms with Crippen molar-refractivity contribution in [1.82, 2.24) is 15.0 Å². The van der Waals surface area contributed by atoms with Gasteiger partial charge in [-0.15, -0.1) is 0 Å². The first-order valence-corrected chi connectivity index (χ1v) is 9.45. The third-order valence-electron chi connectivity index (χ3n) is 5.15. The second kappa shape index (κ2) is 7.83. The highest BCUT2D eigenvalue weighted by molar-refractivity contribution is 5.94. The Balaban J connectivity index is 1.41. The van der Waals surface area contributed by atoms with Crippen molar-refractivity contribution in [2.24, 2.45) is 0 Å². The molecule has 1 aromatic heterocycles. The highest BCUT2D eigenvalue weighted by Crippen LogP contribution is 2.29. The van der Waals surface area contributed by atoms with Gasteiger partial charge in [0.2, 0.25) is 11.7 Å². The van der Waals surface area contributed by atoms with E-state index in [9.17, 15) is 14.9 Å². The van der Waals surface area contributed by atoms with E-state index < -0.39 is 4.92 Å². The fraction of sp³-hybridized carbons (Fsp3) is 0.286. The fourth-order valence-electron chi connectivity index (χ4n) is 3.57. The maximum Gasteiger partial charge on any atom is 0.270 e. The second-order valence-corrected chi connectivity index (χ2v) is 7.20. The van der Waals surface area contributed by atoms with Crippen LogP contribution in [0.25, 0.3) is 11.4 Å². The molecule has 3 aromatic rings. The van der Waals surface area contributed by atoms with E-state index in [-0.39, 0.29) is 17.5 Å². The molecule has 0 aliphatic carbocycles. The van der Waals surface area contributed by atoms with Gasteiger partial charge in [-0.2, -0.15) is 4.98 Å². The number of piperidine rings is 1. The summed E-state index contributed by atoms with van der Waals surface area (Å²) in [6.07, 6.45) is 1.41. The molecule has 1 amide bonds. The van der Waals surface area contributed by atoms with Gasteiger partial charge in [-0.25, -0.2) is 0 Å². The number of benzene rings is 2. The molecule has 1 aliphatic heterocycles. The van der Waals surface area contributed by atoms with Crippen LogP contribution >= 0.6 is 0 Å².